The third-order valence-electron chi connectivity index (χ3n) is 2.99. The lowest BCUT2D eigenvalue weighted by molar-refractivity contribution is -0.120. The first-order valence-corrected chi connectivity index (χ1v) is 9.33. The van der Waals surface area contributed by atoms with Crippen LogP contribution in [0.15, 0.2) is 41.5 Å². The summed E-state index contributed by atoms with van der Waals surface area (Å²) in [5, 5.41) is 3.97. The summed E-state index contributed by atoms with van der Waals surface area (Å²) in [5.74, 6) is 0.279. The van der Waals surface area contributed by atoms with E-state index in [-0.39, 0.29) is 18.1 Å². The minimum Gasteiger partial charge on any atom is -0.492 e. The van der Waals surface area contributed by atoms with E-state index in [1.807, 2.05) is 19.1 Å². The van der Waals surface area contributed by atoms with Gasteiger partial charge in [0.05, 0.1) is 26.4 Å². The van der Waals surface area contributed by atoms with Crippen LogP contribution in [0.1, 0.15) is 18.1 Å². The average Bonchev–Trinajstić information content (AvgIpc) is 2.53. The molecule has 2 rings (SSSR count). The van der Waals surface area contributed by atoms with Crippen LogP contribution in [0.2, 0.25) is 0 Å². The molecule has 0 aliphatic heterocycles. The number of halogens is 3. The molecule has 4 nitrogen and oxygen atoms in total. The molecule has 2 aromatic rings. The van der Waals surface area contributed by atoms with Crippen molar-refractivity contribution in [1.29, 1.82) is 0 Å². The molecule has 0 radical (unpaired) electrons. The normalized spacial score (nSPS) is 10.8. The molecule has 2 aromatic carbocycles. The fourth-order valence-corrected chi connectivity index (χ4v) is 4.07. The molecule has 1 N–H and O–H groups in total. The van der Waals surface area contributed by atoms with Crippen LogP contribution in [0.3, 0.4) is 0 Å². The van der Waals surface area contributed by atoms with Crippen molar-refractivity contribution in [2.45, 2.75) is 13.3 Å². The third-order valence-corrected chi connectivity index (χ3v) is 4.59. The van der Waals surface area contributed by atoms with Crippen molar-refractivity contribution >= 4 is 57.3 Å². The first-order valence-electron chi connectivity index (χ1n) is 7.17. The van der Waals surface area contributed by atoms with Crippen molar-refractivity contribution in [1.82, 2.24) is 5.43 Å². The Bertz CT molecular complexity index is 726. The van der Waals surface area contributed by atoms with Gasteiger partial charge in [-0.15, -0.1) is 0 Å². The molecule has 0 heterocycles. The maximum atomic E-state index is 12.8. The summed E-state index contributed by atoms with van der Waals surface area (Å²) in [6.07, 6.45) is 1.73. The Morgan fingerprint density at radius 2 is 1.88 bits per heavy atom. The van der Waals surface area contributed by atoms with Crippen molar-refractivity contribution in [2.24, 2.45) is 5.10 Å². The van der Waals surface area contributed by atoms with Gasteiger partial charge in [-0.2, -0.15) is 5.10 Å². The average molecular weight is 552 g/mol. The van der Waals surface area contributed by atoms with Gasteiger partial charge in [0.2, 0.25) is 5.91 Å². The van der Waals surface area contributed by atoms with Crippen molar-refractivity contribution in [3.05, 3.63) is 60.5 Å². The number of nitrogens with zero attached hydrogens (tertiary/aromatic N) is 1. The maximum absolute atomic E-state index is 12.8. The van der Waals surface area contributed by atoms with Gasteiger partial charge in [0.15, 0.2) is 0 Å². The number of nitrogens with one attached hydrogen (secondary N) is 1. The molecule has 7 heteroatoms. The number of amides is 1. The van der Waals surface area contributed by atoms with Crippen LogP contribution in [0.4, 0.5) is 4.39 Å². The maximum Gasteiger partial charge on any atom is 0.244 e. The standard InChI is InChI=1S/C17H15FI2N2O2/c1-2-24-17-14(19)7-12(8-15(17)20)10-21-22-16(23)9-11-3-5-13(18)6-4-11/h3-8,10H,2,9H2,1H3,(H,22,23)/b21-10+. The van der Waals surface area contributed by atoms with E-state index in [2.05, 4.69) is 55.7 Å². The second kappa shape index (κ2) is 9.30. The van der Waals surface area contributed by atoms with Crippen LogP contribution in [-0.2, 0) is 11.2 Å². The summed E-state index contributed by atoms with van der Waals surface area (Å²) in [6, 6.07) is 9.68. The molecule has 1 amide bonds. The fraction of sp³-hybridized carbons (Fsp3) is 0.176. The Labute approximate surface area is 167 Å². The summed E-state index contributed by atoms with van der Waals surface area (Å²) in [4.78, 5) is 11.8. The second-order valence-corrected chi connectivity index (χ2v) is 7.17. The van der Waals surface area contributed by atoms with E-state index in [0.717, 1.165) is 24.0 Å². The number of hydrogen-bond acceptors (Lipinski definition) is 3. The quantitative estimate of drug-likeness (QED) is 0.333. The molecular weight excluding hydrogens is 537 g/mol. The van der Waals surface area contributed by atoms with Crippen LogP contribution in [0.5, 0.6) is 5.75 Å². The topological polar surface area (TPSA) is 50.7 Å². The summed E-state index contributed by atoms with van der Waals surface area (Å²) >= 11 is 4.42. The van der Waals surface area contributed by atoms with Crippen LogP contribution in [-0.4, -0.2) is 18.7 Å². The predicted molar refractivity (Wildman–Crippen MR) is 109 cm³/mol. The van der Waals surface area contributed by atoms with Crippen molar-refractivity contribution in [3.8, 4) is 5.75 Å². The van der Waals surface area contributed by atoms with E-state index < -0.39 is 0 Å². The van der Waals surface area contributed by atoms with Gasteiger partial charge in [-0.1, -0.05) is 12.1 Å². The molecule has 0 unspecified atom stereocenters. The van der Waals surface area contributed by atoms with E-state index in [1.54, 1.807) is 18.3 Å². The molecule has 0 atom stereocenters. The van der Waals surface area contributed by atoms with Gasteiger partial charge in [-0.05, 0) is 87.5 Å². The van der Waals surface area contributed by atoms with Gasteiger partial charge in [-0.25, -0.2) is 9.82 Å². The highest BCUT2D eigenvalue weighted by Gasteiger charge is 2.07. The smallest absolute Gasteiger partial charge is 0.244 e. The zero-order valence-corrected chi connectivity index (χ0v) is 17.2. The van der Waals surface area contributed by atoms with Gasteiger partial charge >= 0.3 is 0 Å². The molecule has 0 fully saturated rings. The van der Waals surface area contributed by atoms with Gasteiger partial charge in [0.25, 0.3) is 0 Å². The second-order valence-electron chi connectivity index (χ2n) is 4.84. The molecule has 0 saturated carbocycles. The molecule has 0 bridgehead atoms. The molecule has 24 heavy (non-hydrogen) atoms. The molecule has 126 valence electrons. The Kier molecular flexibility index (Phi) is 7.40. The lowest BCUT2D eigenvalue weighted by Crippen LogP contribution is -2.19. The van der Waals surface area contributed by atoms with Gasteiger partial charge in [-0.3, -0.25) is 4.79 Å². The number of rotatable bonds is 6. The Morgan fingerprint density at radius 1 is 1.25 bits per heavy atom. The minimum atomic E-state index is -0.322. The van der Waals surface area contributed by atoms with Crippen LogP contribution >= 0.6 is 45.2 Å². The van der Waals surface area contributed by atoms with Crippen LogP contribution in [0, 0.1) is 13.0 Å². The molecular formula is C17H15FI2N2O2. The first kappa shape index (κ1) is 19.1. The van der Waals surface area contributed by atoms with E-state index in [0.29, 0.717) is 6.61 Å². The number of ether oxygens (including phenoxy) is 1. The first-order chi connectivity index (χ1) is 11.5. The Balaban J connectivity index is 1.96. The molecule has 0 saturated heterocycles. The van der Waals surface area contributed by atoms with Crippen molar-refractivity contribution < 1.29 is 13.9 Å². The van der Waals surface area contributed by atoms with E-state index in [9.17, 15) is 9.18 Å². The summed E-state index contributed by atoms with van der Waals surface area (Å²) in [6.45, 7) is 2.55. The fourth-order valence-electron chi connectivity index (χ4n) is 1.94. The Hall–Kier alpha value is -1.23. The highest BCUT2D eigenvalue weighted by molar-refractivity contribution is 14.1. The third kappa shape index (κ3) is 5.69. The van der Waals surface area contributed by atoms with Crippen molar-refractivity contribution in [2.75, 3.05) is 6.61 Å². The van der Waals surface area contributed by atoms with Crippen molar-refractivity contribution in [3.63, 3.8) is 0 Å². The molecule has 0 aliphatic carbocycles. The Morgan fingerprint density at radius 3 is 2.46 bits per heavy atom. The number of benzene rings is 2. The molecule has 0 spiro atoms. The number of carbonyl (C=O) groups is 1. The molecule has 0 aromatic heterocycles. The van der Waals surface area contributed by atoms with E-state index in [4.69, 9.17) is 4.74 Å². The van der Waals surface area contributed by atoms with E-state index in [1.165, 1.54) is 12.1 Å². The number of carbonyl (C=O) groups excluding carboxylic acids is 1. The van der Waals surface area contributed by atoms with Gasteiger partial charge < -0.3 is 4.74 Å². The zero-order valence-electron chi connectivity index (χ0n) is 12.9. The number of hydrogen-bond donors (Lipinski definition) is 1. The highest BCUT2D eigenvalue weighted by Crippen LogP contribution is 2.28. The SMILES string of the molecule is CCOc1c(I)cc(/C=N/NC(=O)Cc2ccc(F)cc2)cc1I. The lowest BCUT2D eigenvalue weighted by atomic mass is 10.1. The lowest BCUT2D eigenvalue weighted by Gasteiger charge is -2.09. The number of hydrazone groups is 1. The summed E-state index contributed by atoms with van der Waals surface area (Å²) in [5.41, 5.74) is 4.07. The van der Waals surface area contributed by atoms with Gasteiger partial charge in [0, 0.05) is 0 Å². The minimum absolute atomic E-state index is 0.149. The highest BCUT2D eigenvalue weighted by atomic mass is 127. The summed E-state index contributed by atoms with van der Waals surface area (Å²) in [7, 11) is 0. The molecule has 0 aliphatic rings. The largest absolute Gasteiger partial charge is 0.492 e. The van der Waals surface area contributed by atoms with Gasteiger partial charge in [0.1, 0.15) is 11.6 Å². The van der Waals surface area contributed by atoms with Crippen LogP contribution in [0.25, 0.3) is 0 Å². The zero-order chi connectivity index (χ0) is 17.5. The predicted octanol–water partition coefficient (Wildman–Crippen LogP) is 4.13. The summed E-state index contributed by atoms with van der Waals surface area (Å²) < 4.78 is 20.4. The van der Waals surface area contributed by atoms with Crippen LogP contribution < -0.4 is 10.2 Å². The monoisotopic (exact) mass is 552 g/mol. The van der Waals surface area contributed by atoms with E-state index >= 15 is 0 Å².